The van der Waals surface area contributed by atoms with Gasteiger partial charge in [0.1, 0.15) is 11.5 Å². The van der Waals surface area contributed by atoms with Gasteiger partial charge in [0, 0.05) is 50.9 Å². The third-order valence-corrected chi connectivity index (χ3v) is 4.72. The Morgan fingerprint density at radius 1 is 1.07 bits per heavy atom. The minimum Gasteiger partial charge on any atom is -0.497 e. The first-order chi connectivity index (χ1) is 13.6. The maximum atomic E-state index is 12.4. The minimum absolute atomic E-state index is 0.0788. The zero-order valence-electron chi connectivity index (χ0n) is 16.1. The fraction of sp³-hybridized carbons (Fsp3) is 0.400. The van der Waals surface area contributed by atoms with E-state index in [0.29, 0.717) is 42.5 Å². The van der Waals surface area contributed by atoms with Gasteiger partial charge in [0.2, 0.25) is 0 Å². The van der Waals surface area contributed by atoms with Gasteiger partial charge in [-0.15, -0.1) is 0 Å². The number of carbonyl (C=O) groups excluding carboxylic acids is 2. The lowest BCUT2D eigenvalue weighted by atomic mass is 10.2. The average Bonchev–Trinajstić information content (AvgIpc) is 3.28. The normalized spacial score (nSPS) is 14.6. The highest BCUT2D eigenvalue weighted by Gasteiger charge is 2.23. The van der Waals surface area contributed by atoms with Crippen molar-refractivity contribution in [1.82, 2.24) is 15.1 Å². The quantitative estimate of drug-likeness (QED) is 0.775. The highest BCUT2D eigenvalue weighted by atomic mass is 16.5. The predicted molar refractivity (Wildman–Crippen MR) is 103 cm³/mol. The predicted octanol–water partition coefficient (Wildman–Crippen LogP) is 1.48. The SMILES string of the molecule is COc1cc(OC)cc(C(=O)NCCN2CCN(C(=O)c3ccco3)CC2)c1. The summed E-state index contributed by atoms with van der Waals surface area (Å²) in [5, 5.41) is 2.92. The van der Waals surface area contributed by atoms with Crippen LogP contribution >= 0.6 is 0 Å². The first-order valence-corrected chi connectivity index (χ1v) is 9.17. The van der Waals surface area contributed by atoms with Gasteiger partial charge in [-0.25, -0.2) is 0 Å². The molecule has 0 atom stereocenters. The third-order valence-electron chi connectivity index (χ3n) is 4.72. The van der Waals surface area contributed by atoms with Gasteiger partial charge >= 0.3 is 0 Å². The fourth-order valence-electron chi connectivity index (χ4n) is 3.10. The maximum absolute atomic E-state index is 12.4. The summed E-state index contributed by atoms with van der Waals surface area (Å²) in [6.45, 7) is 4.03. The molecule has 28 heavy (non-hydrogen) atoms. The molecule has 2 aromatic rings. The highest BCUT2D eigenvalue weighted by molar-refractivity contribution is 5.95. The standard InChI is InChI=1S/C20H25N3O5/c1-26-16-12-15(13-17(14-16)27-2)19(24)21-5-6-22-7-9-23(10-8-22)20(25)18-4-3-11-28-18/h3-4,11-14H,5-10H2,1-2H3,(H,21,24). The average molecular weight is 387 g/mol. The first-order valence-electron chi connectivity index (χ1n) is 9.17. The number of nitrogens with zero attached hydrogens (tertiary/aromatic N) is 2. The molecule has 0 spiro atoms. The molecule has 1 aromatic carbocycles. The van der Waals surface area contributed by atoms with Crippen LogP contribution in [0.25, 0.3) is 0 Å². The van der Waals surface area contributed by atoms with Crippen molar-refractivity contribution in [2.75, 3.05) is 53.5 Å². The van der Waals surface area contributed by atoms with Gasteiger partial charge in [0.15, 0.2) is 5.76 Å². The number of amides is 2. The van der Waals surface area contributed by atoms with Crippen molar-refractivity contribution in [3.63, 3.8) is 0 Å². The molecule has 1 aliphatic rings. The first kappa shape index (κ1) is 19.8. The summed E-state index contributed by atoms with van der Waals surface area (Å²) in [4.78, 5) is 28.7. The number of nitrogens with one attached hydrogen (secondary N) is 1. The Morgan fingerprint density at radius 2 is 1.75 bits per heavy atom. The van der Waals surface area contributed by atoms with Gasteiger partial charge in [-0.05, 0) is 24.3 Å². The summed E-state index contributed by atoms with van der Waals surface area (Å²) in [5.74, 6) is 1.26. The van der Waals surface area contributed by atoms with Crippen molar-refractivity contribution >= 4 is 11.8 Å². The Balaban J connectivity index is 1.43. The molecule has 2 amide bonds. The third kappa shape index (κ3) is 4.83. The second kappa shape index (κ2) is 9.27. The number of rotatable bonds is 7. The van der Waals surface area contributed by atoms with Crippen LogP contribution < -0.4 is 14.8 Å². The molecule has 8 heteroatoms. The van der Waals surface area contributed by atoms with E-state index >= 15 is 0 Å². The molecule has 1 fully saturated rings. The minimum atomic E-state index is -0.177. The summed E-state index contributed by atoms with van der Waals surface area (Å²) < 4.78 is 15.6. The lowest BCUT2D eigenvalue weighted by Crippen LogP contribution is -2.50. The topological polar surface area (TPSA) is 84.3 Å². The fourth-order valence-corrected chi connectivity index (χ4v) is 3.10. The van der Waals surface area contributed by atoms with Crippen molar-refractivity contribution in [3.05, 3.63) is 47.9 Å². The van der Waals surface area contributed by atoms with Gasteiger partial charge in [-0.1, -0.05) is 0 Å². The van der Waals surface area contributed by atoms with Gasteiger partial charge in [0.05, 0.1) is 20.5 Å². The molecule has 0 radical (unpaired) electrons. The van der Waals surface area contributed by atoms with E-state index in [9.17, 15) is 9.59 Å². The van der Waals surface area contributed by atoms with Crippen molar-refractivity contribution in [2.24, 2.45) is 0 Å². The van der Waals surface area contributed by atoms with Crippen LogP contribution in [0.2, 0.25) is 0 Å². The van der Waals surface area contributed by atoms with Crippen LogP contribution in [0.1, 0.15) is 20.9 Å². The molecular weight excluding hydrogens is 362 g/mol. The molecular formula is C20H25N3O5. The lowest BCUT2D eigenvalue weighted by molar-refractivity contribution is 0.0607. The molecule has 0 aliphatic carbocycles. The number of hydrogen-bond acceptors (Lipinski definition) is 6. The Labute approximate surface area is 164 Å². The van der Waals surface area contributed by atoms with E-state index in [0.717, 1.165) is 19.6 Å². The Bertz CT molecular complexity index is 776. The second-order valence-electron chi connectivity index (χ2n) is 6.47. The maximum Gasteiger partial charge on any atom is 0.289 e. The number of furan rings is 1. The molecule has 0 bridgehead atoms. The highest BCUT2D eigenvalue weighted by Crippen LogP contribution is 2.22. The molecule has 2 heterocycles. The van der Waals surface area contributed by atoms with Crippen molar-refractivity contribution in [3.8, 4) is 11.5 Å². The van der Waals surface area contributed by atoms with Crippen LogP contribution in [0.15, 0.2) is 41.0 Å². The van der Waals surface area contributed by atoms with Crippen molar-refractivity contribution in [2.45, 2.75) is 0 Å². The second-order valence-corrected chi connectivity index (χ2v) is 6.47. The van der Waals surface area contributed by atoms with Gasteiger partial charge in [-0.3, -0.25) is 14.5 Å². The zero-order chi connectivity index (χ0) is 19.9. The summed E-state index contributed by atoms with van der Waals surface area (Å²) in [5.41, 5.74) is 0.491. The van der Waals surface area contributed by atoms with E-state index in [1.807, 2.05) is 0 Å². The molecule has 1 N–H and O–H groups in total. The molecule has 150 valence electrons. The molecule has 1 aromatic heterocycles. The summed E-state index contributed by atoms with van der Waals surface area (Å²) in [6.07, 6.45) is 1.50. The Hall–Kier alpha value is -3.00. The van der Waals surface area contributed by atoms with E-state index in [1.54, 1.807) is 49.5 Å². The summed E-state index contributed by atoms with van der Waals surface area (Å²) in [7, 11) is 3.10. The van der Waals surface area contributed by atoms with Gasteiger partial charge in [-0.2, -0.15) is 0 Å². The van der Waals surface area contributed by atoms with E-state index < -0.39 is 0 Å². The zero-order valence-corrected chi connectivity index (χ0v) is 16.1. The Morgan fingerprint density at radius 3 is 2.32 bits per heavy atom. The van der Waals surface area contributed by atoms with E-state index in [4.69, 9.17) is 13.9 Å². The molecule has 3 rings (SSSR count). The Kier molecular flexibility index (Phi) is 6.54. The van der Waals surface area contributed by atoms with Crippen LogP contribution in [0, 0.1) is 0 Å². The van der Waals surface area contributed by atoms with Crippen LogP contribution in [-0.4, -0.2) is 75.1 Å². The number of ether oxygens (including phenoxy) is 2. The molecule has 8 nitrogen and oxygen atoms in total. The van der Waals surface area contributed by atoms with Crippen LogP contribution in [0.3, 0.4) is 0 Å². The molecule has 1 saturated heterocycles. The van der Waals surface area contributed by atoms with Gasteiger partial charge in [0.25, 0.3) is 11.8 Å². The number of hydrogen-bond donors (Lipinski definition) is 1. The largest absolute Gasteiger partial charge is 0.497 e. The van der Waals surface area contributed by atoms with Crippen molar-refractivity contribution < 1.29 is 23.5 Å². The van der Waals surface area contributed by atoms with Crippen molar-refractivity contribution in [1.29, 1.82) is 0 Å². The van der Waals surface area contributed by atoms with Crippen LogP contribution in [0.5, 0.6) is 11.5 Å². The molecule has 1 aliphatic heterocycles. The lowest BCUT2D eigenvalue weighted by Gasteiger charge is -2.34. The number of benzene rings is 1. The number of methoxy groups -OCH3 is 2. The molecule has 0 saturated carbocycles. The van der Waals surface area contributed by atoms with Gasteiger partial charge < -0.3 is 24.1 Å². The summed E-state index contributed by atoms with van der Waals surface area (Å²) >= 11 is 0. The monoisotopic (exact) mass is 387 g/mol. The number of carbonyl (C=O) groups is 2. The van der Waals surface area contributed by atoms with E-state index in [1.165, 1.54) is 6.26 Å². The molecule has 0 unspecified atom stereocenters. The summed E-state index contributed by atoms with van der Waals surface area (Å²) in [6, 6.07) is 8.47. The number of piperazine rings is 1. The smallest absolute Gasteiger partial charge is 0.289 e. The van der Waals surface area contributed by atoms with Crippen LogP contribution in [-0.2, 0) is 0 Å². The van der Waals surface area contributed by atoms with E-state index in [2.05, 4.69) is 10.2 Å². The van der Waals surface area contributed by atoms with Crippen LogP contribution in [0.4, 0.5) is 0 Å². The van der Waals surface area contributed by atoms with E-state index in [-0.39, 0.29) is 11.8 Å².